The molecule has 0 aliphatic carbocycles. The monoisotopic (exact) mass is 171 g/mol. The van der Waals surface area contributed by atoms with Crippen molar-refractivity contribution < 1.29 is 4.79 Å². The molecule has 0 spiro atoms. The summed E-state index contributed by atoms with van der Waals surface area (Å²) in [5.74, 6) is 5.78. The molecule has 0 aromatic rings. The Morgan fingerprint density at radius 1 is 1.58 bits per heavy atom. The van der Waals surface area contributed by atoms with Gasteiger partial charge in [0.25, 0.3) is 0 Å². The van der Waals surface area contributed by atoms with E-state index in [0.717, 1.165) is 25.3 Å². The summed E-state index contributed by atoms with van der Waals surface area (Å²) in [6, 6.07) is 0.159. The highest BCUT2D eigenvalue weighted by Crippen LogP contribution is 2.21. The molecule has 0 bridgehead atoms. The highest BCUT2D eigenvalue weighted by Gasteiger charge is 2.25. The highest BCUT2D eigenvalue weighted by molar-refractivity contribution is 5.73. The molecule has 2 amide bonds. The molecule has 1 aliphatic heterocycles. The molecular weight excluding hydrogens is 154 g/mol. The van der Waals surface area contributed by atoms with Crippen LogP contribution in [-0.2, 0) is 0 Å². The van der Waals surface area contributed by atoms with Gasteiger partial charge < -0.3 is 4.90 Å². The lowest BCUT2D eigenvalue weighted by Crippen LogP contribution is -2.50. The van der Waals surface area contributed by atoms with Gasteiger partial charge in [0, 0.05) is 12.6 Å². The van der Waals surface area contributed by atoms with E-state index in [4.69, 9.17) is 5.84 Å². The number of nitrogens with two attached hydrogens (primary N) is 1. The number of urea groups is 1. The molecule has 1 heterocycles. The molecule has 1 aliphatic rings. The lowest BCUT2D eigenvalue weighted by molar-refractivity contribution is 0.140. The third-order valence-electron chi connectivity index (χ3n) is 2.52. The van der Waals surface area contributed by atoms with Gasteiger partial charge in [0.2, 0.25) is 0 Å². The van der Waals surface area contributed by atoms with E-state index in [2.05, 4.69) is 19.3 Å². The van der Waals surface area contributed by atoms with Gasteiger partial charge in [-0.15, -0.1) is 0 Å². The molecule has 0 saturated carbocycles. The van der Waals surface area contributed by atoms with Gasteiger partial charge in [0.15, 0.2) is 0 Å². The lowest BCUT2D eigenvalue weighted by Gasteiger charge is -2.35. The molecule has 2 unspecified atom stereocenters. The van der Waals surface area contributed by atoms with Crippen LogP contribution in [0.5, 0.6) is 0 Å². The molecule has 0 radical (unpaired) electrons. The quantitative estimate of drug-likeness (QED) is 0.320. The van der Waals surface area contributed by atoms with Gasteiger partial charge in [-0.1, -0.05) is 6.92 Å². The molecule has 2 atom stereocenters. The van der Waals surface area contributed by atoms with Gasteiger partial charge in [0.1, 0.15) is 0 Å². The van der Waals surface area contributed by atoms with Gasteiger partial charge in [0.05, 0.1) is 0 Å². The van der Waals surface area contributed by atoms with Gasteiger partial charge in [-0.25, -0.2) is 10.6 Å². The van der Waals surface area contributed by atoms with Crippen LogP contribution in [0.1, 0.15) is 26.7 Å². The number of likely N-dealkylation sites (tertiary alicyclic amines) is 1. The standard InChI is InChI=1S/C8H17N3O/c1-6-3-4-11(7(2)5-6)8(12)10-9/h6-7H,3-5,9H2,1-2H3,(H,10,12). The zero-order valence-corrected chi connectivity index (χ0v) is 7.71. The van der Waals surface area contributed by atoms with Crippen LogP contribution in [-0.4, -0.2) is 23.5 Å². The van der Waals surface area contributed by atoms with Crippen molar-refractivity contribution in [2.45, 2.75) is 32.7 Å². The third kappa shape index (κ3) is 1.88. The molecule has 0 aromatic heterocycles. The minimum atomic E-state index is -0.158. The van der Waals surface area contributed by atoms with Gasteiger partial charge in [-0.2, -0.15) is 0 Å². The zero-order valence-electron chi connectivity index (χ0n) is 7.71. The first-order valence-electron chi connectivity index (χ1n) is 4.42. The van der Waals surface area contributed by atoms with E-state index < -0.39 is 0 Å². The van der Waals surface area contributed by atoms with E-state index in [-0.39, 0.29) is 6.03 Å². The molecule has 3 N–H and O–H groups in total. The second kappa shape index (κ2) is 3.76. The summed E-state index contributed by atoms with van der Waals surface area (Å²) < 4.78 is 0. The summed E-state index contributed by atoms with van der Waals surface area (Å²) >= 11 is 0. The number of amides is 2. The summed E-state index contributed by atoms with van der Waals surface area (Å²) in [7, 11) is 0. The lowest BCUT2D eigenvalue weighted by atomic mass is 9.94. The normalized spacial score (nSPS) is 30.1. The number of piperidine rings is 1. The first-order chi connectivity index (χ1) is 5.65. The summed E-state index contributed by atoms with van der Waals surface area (Å²) in [6.07, 6.45) is 2.16. The van der Waals surface area contributed by atoms with Crippen LogP contribution in [0.3, 0.4) is 0 Å². The Balaban J connectivity index is 2.50. The predicted octanol–water partition coefficient (Wildman–Crippen LogP) is 0.690. The Labute approximate surface area is 73.1 Å². The Morgan fingerprint density at radius 2 is 2.25 bits per heavy atom. The number of nitrogens with zero attached hydrogens (tertiary/aromatic N) is 1. The maximum atomic E-state index is 11.2. The second-order valence-corrected chi connectivity index (χ2v) is 3.62. The topological polar surface area (TPSA) is 58.4 Å². The first-order valence-corrected chi connectivity index (χ1v) is 4.42. The molecule has 4 heteroatoms. The molecule has 12 heavy (non-hydrogen) atoms. The second-order valence-electron chi connectivity index (χ2n) is 3.62. The number of carbonyl (C=O) groups is 1. The summed E-state index contributed by atoms with van der Waals surface area (Å²) in [6.45, 7) is 5.10. The van der Waals surface area contributed by atoms with E-state index in [9.17, 15) is 4.79 Å². The van der Waals surface area contributed by atoms with Crippen LogP contribution in [0, 0.1) is 5.92 Å². The molecule has 4 nitrogen and oxygen atoms in total. The number of rotatable bonds is 0. The molecule has 70 valence electrons. The maximum absolute atomic E-state index is 11.2. The van der Waals surface area contributed by atoms with Crippen LogP contribution in [0.2, 0.25) is 0 Å². The SMILES string of the molecule is CC1CCN(C(=O)NN)C(C)C1. The average Bonchev–Trinajstić information content (AvgIpc) is 2.03. The van der Waals surface area contributed by atoms with Crippen LogP contribution < -0.4 is 11.3 Å². The van der Waals surface area contributed by atoms with Crippen molar-refractivity contribution in [1.29, 1.82) is 0 Å². The number of hydrazine groups is 1. The van der Waals surface area contributed by atoms with Crippen molar-refractivity contribution in [1.82, 2.24) is 10.3 Å². The van der Waals surface area contributed by atoms with Crippen molar-refractivity contribution in [2.24, 2.45) is 11.8 Å². The maximum Gasteiger partial charge on any atom is 0.331 e. The van der Waals surface area contributed by atoms with Crippen molar-refractivity contribution in [3.8, 4) is 0 Å². The van der Waals surface area contributed by atoms with Crippen LogP contribution >= 0.6 is 0 Å². The summed E-state index contributed by atoms with van der Waals surface area (Å²) in [4.78, 5) is 13.0. The Kier molecular flexibility index (Phi) is 2.92. The smallest absolute Gasteiger partial charge is 0.321 e. The van der Waals surface area contributed by atoms with Crippen molar-refractivity contribution >= 4 is 6.03 Å². The van der Waals surface area contributed by atoms with E-state index in [0.29, 0.717) is 6.04 Å². The van der Waals surface area contributed by atoms with Gasteiger partial charge >= 0.3 is 6.03 Å². The fourth-order valence-corrected chi connectivity index (χ4v) is 1.79. The average molecular weight is 171 g/mol. The van der Waals surface area contributed by atoms with E-state index in [1.807, 2.05) is 0 Å². The molecular formula is C8H17N3O. The van der Waals surface area contributed by atoms with E-state index in [1.165, 1.54) is 0 Å². The van der Waals surface area contributed by atoms with Crippen LogP contribution in [0.15, 0.2) is 0 Å². The predicted molar refractivity (Wildman–Crippen MR) is 47.3 cm³/mol. The molecule has 1 rings (SSSR count). The van der Waals surface area contributed by atoms with E-state index >= 15 is 0 Å². The first kappa shape index (κ1) is 9.32. The fraction of sp³-hybridized carbons (Fsp3) is 0.875. The van der Waals surface area contributed by atoms with Gasteiger partial charge in [-0.05, 0) is 25.7 Å². The number of nitrogens with one attached hydrogen (secondary N) is 1. The van der Waals surface area contributed by atoms with Gasteiger partial charge in [-0.3, -0.25) is 5.43 Å². The number of hydrogen-bond acceptors (Lipinski definition) is 2. The Bertz CT molecular complexity index is 172. The molecule has 1 fully saturated rings. The highest BCUT2D eigenvalue weighted by atomic mass is 16.2. The van der Waals surface area contributed by atoms with E-state index in [1.54, 1.807) is 4.90 Å². The third-order valence-corrected chi connectivity index (χ3v) is 2.52. The summed E-state index contributed by atoms with van der Waals surface area (Å²) in [5.41, 5.74) is 2.17. The molecule has 0 aromatic carbocycles. The largest absolute Gasteiger partial charge is 0.331 e. The zero-order chi connectivity index (χ0) is 9.14. The summed E-state index contributed by atoms with van der Waals surface area (Å²) in [5, 5.41) is 0. The Hall–Kier alpha value is -0.770. The Morgan fingerprint density at radius 3 is 2.75 bits per heavy atom. The fourth-order valence-electron chi connectivity index (χ4n) is 1.79. The minimum absolute atomic E-state index is 0.158. The van der Waals surface area contributed by atoms with Crippen LogP contribution in [0.25, 0.3) is 0 Å². The van der Waals surface area contributed by atoms with Crippen LogP contribution in [0.4, 0.5) is 4.79 Å². The molecule has 1 saturated heterocycles. The van der Waals surface area contributed by atoms with Crippen molar-refractivity contribution in [2.75, 3.05) is 6.54 Å². The van der Waals surface area contributed by atoms with Crippen molar-refractivity contribution in [3.63, 3.8) is 0 Å². The number of carbonyl (C=O) groups excluding carboxylic acids is 1. The number of hydrogen-bond donors (Lipinski definition) is 2. The van der Waals surface area contributed by atoms with Crippen molar-refractivity contribution in [3.05, 3.63) is 0 Å². The minimum Gasteiger partial charge on any atom is -0.321 e.